The molecule has 2 aromatic carbocycles. The first kappa shape index (κ1) is 15.6. The van der Waals surface area contributed by atoms with Crippen molar-refractivity contribution in [3.63, 3.8) is 0 Å². The summed E-state index contributed by atoms with van der Waals surface area (Å²) in [5.74, 6) is 0.424. The molecule has 0 saturated heterocycles. The SMILES string of the molecule is OCc1c(-c2ccc(Br)cc2)noc1-c1cccc(Cl)c1Cl. The first-order valence-corrected chi connectivity index (χ1v) is 7.96. The molecule has 0 aliphatic carbocycles. The van der Waals surface area contributed by atoms with Crippen molar-refractivity contribution in [3.05, 3.63) is 62.5 Å². The molecule has 6 heteroatoms. The quantitative estimate of drug-likeness (QED) is 0.627. The van der Waals surface area contributed by atoms with Gasteiger partial charge in [-0.1, -0.05) is 62.5 Å². The van der Waals surface area contributed by atoms with Crippen LogP contribution in [0, 0.1) is 0 Å². The lowest BCUT2D eigenvalue weighted by Gasteiger charge is -2.04. The Morgan fingerprint density at radius 2 is 1.82 bits per heavy atom. The van der Waals surface area contributed by atoms with Gasteiger partial charge < -0.3 is 9.63 Å². The van der Waals surface area contributed by atoms with Crippen molar-refractivity contribution in [3.8, 4) is 22.6 Å². The van der Waals surface area contributed by atoms with Gasteiger partial charge in [0.1, 0.15) is 5.69 Å². The maximum atomic E-state index is 9.74. The fourth-order valence-electron chi connectivity index (χ4n) is 2.18. The Kier molecular flexibility index (Phi) is 4.54. The van der Waals surface area contributed by atoms with E-state index in [1.807, 2.05) is 24.3 Å². The van der Waals surface area contributed by atoms with Crippen LogP contribution in [0.4, 0.5) is 0 Å². The van der Waals surface area contributed by atoms with Crippen LogP contribution in [0.3, 0.4) is 0 Å². The number of aromatic nitrogens is 1. The Morgan fingerprint density at radius 3 is 2.50 bits per heavy atom. The average Bonchev–Trinajstić information content (AvgIpc) is 2.94. The van der Waals surface area contributed by atoms with Gasteiger partial charge in [-0.15, -0.1) is 0 Å². The largest absolute Gasteiger partial charge is 0.391 e. The molecule has 0 radical (unpaired) electrons. The monoisotopic (exact) mass is 397 g/mol. The molecule has 3 aromatic rings. The number of aliphatic hydroxyl groups is 1. The van der Waals surface area contributed by atoms with E-state index >= 15 is 0 Å². The van der Waals surface area contributed by atoms with Crippen molar-refractivity contribution in [1.82, 2.24) is 5.16 Å². The zero-order valence-electron chi connectivity index (χ0n) is 11.2. The molecule has 1 heterocycles. The molecule has 112 valence electrons. The predicted molar refractivity (Wildman–Crippen MR) is 91.0 cm³/mol. The van der Waals surface area contributed by atoms with Gasteiger partial charge in [0.15, 0.2) is 5.76 Å². The van der Waals surface area contributed by atoms with Crippen LogP contribution in [0.5, 0.6) is 0 Å². The molecule has 22 heavy (non-hydrogen) atoms. The fourth-order valence-corrected chi connectivity index (χ4v) is 2.83. The predicted octanol–water partition coefficient (Wildman–Crippen LogP) is 5.57. The second kappa shape index (κ2) is 6.42. The Balaban J connectivity index is 2.15. The van der Waals surface area contributed by atoms with Gasteiger partial charge >= 0.3 is 0 Å². The van der Waals surface area contributed by atoms with Gasteiger partial charge in [-0.25, -0.2) is 0 Å². The summed E-state index contributed by atoms with van der Waals surface area (Å²) in [7, 11) is 0. The zero-order chi connectivity index (χ0) is 15.7. The summed E-state index contributed by atoms with van der Waals surface area (Å²) in [5.41, 5.74) is 2.61. The van der Waals surface area contributed by atoms with E-state index < -0.39 is 0 Å². The van der Waals surface area contributed by atoms with Gasteiger partial charge in [0.2, 0.25) is 0 Å². The van der Waals surface area contributed by atoms with Crippen LogP contribution in [0.15, 0.2) is 51.5 Å². The van der Waals surface area contributed by atoms with Crippen molar-refractivity contribution < 1.29 is 9.63 Å². The smallest absolute Gasteiger partial charge is 0.174 e. The van der Waals surface area contributed by atoms with E-state index in [1.54, 1.807) is 18.2 Å². The van der Waals surface area contributed by atoms with Crippen LogP contribution < -0.4 is 0 Å². The van der Waals surface area contributed by atoms with E-state index in [-0.39, 0.29) is 6.61 Å². The fraction of sp³-hybridized carbons (Fsp3) is 0.0625. The van der Waals surface area contributed by atoms with E-state index in [9.17, 15) is 5.11 Å². The number of aliphatic hydroxyl groups excluding tert-OH is 1. The van der Waals surface area contributed by atoms with E-state index in [0.717, 1.165) is 10.0 Å². The minimum absolute atomic E-state index is 0.215. The Hall–Kier alpha value is -1.33. The first-order valence-electron chi connectivity index (χ1n) is 6.41. The average molecular weight is 399 g/mol. The van der Waals surface area contributed by atoms with Crippen molar-refractivity contribution in [2.45, 2.75) is 6.61 Å². The third kappa shape index (κ3) is 2.79. The molecule has 0 saturated carbocycles. The summed E-state index contributed by atoms with van der Waals surface area (Å²) in [6.07, 6.45) is 0. The molecule has 0 spiro atoms. The van der Waals surface area contributed by atoms with Crippen molar-refractivity contribution in [2.24, 2.45) is 0 Å². The third-order valence-corrected chi connectivity index (χ3v) is 4.61. The maximum Gasteiger partial charge on any atom is 0.174 e. The maximum absolute atomic E-state index is 9.74. The topological polar surface area (TPSA) is 46.3 Å². The Bertz CT molecular complexity index is 816. The van der Waals surface area contributed by atoms with Crippen LogP contribution >= 0.6 is 39.1 Å². The molecule has 0 fully saturated rings. The normalized spacial score (nSPS) is 10.9. The molecule has 3 rings (SSSR count). The highest BCUT2D eigenvalue weighted by Crippen LogP contribution is 2.38. The van der Waals surface area contributed by atoms with E-state index in [1.165, 1.54) is 0 Å². The lowest BCUT2D eigenvalue weighted by Crippen LogP contribution is -1.90. The van der Waals surface area contributed by atoms with Gasteiger partial charge in [-0.05, 0) is 24.3 Å². The van der Waals surface area contributed by atoms with Gasteiger partial charge in [0, 0.05) is 15.6 Å². The molecule has 3 nitrogen and oxygen atoms in total. The molecule has 0 bridgehead atoms. The number of halogens is 3. The summed E-state index contributed by atoms with van der Waals surface area (Å²) in [4.78, 5) is 0. The first-order chi connectivity index (χ1) is 10.6. The van der Waals surface area contributed by atoms with Gasteiger partial charge in [0.05, 0.1) is 22.2 Å². The third-order valence-electron chi connectivity index (χ3n) is 3.26. The minimum atomic E-state index is -0.215. The highest BCUT2D eigenvalue weighted by Gasteiger charge is 2.20. The Morgan fingerprint density at radius 1 is 1.09 bits per heavy atom. The van der Waals surface area contributed by atoms with Crippen LogP contribution in [0.2, 0.25) is 10.0 Å². The second-order valence-electron chi connectivity index (χ2n) is 4.61. The summed E-state index contributed by atoms with van der Waals surface area (Å²) >= 11 is 15.7. The molecule has 0 unspecified atom stereocenters. The summed E-state index contributed by atoms with van der Waals surface area (Å²) in [6, 6.07) is 12.8. The highest BCUT2D eigenvalue weighted by atomic mass is 79.9. The molecule has 0 atom stereocenters. The lowest BCUT2D eigenvalue weighted by atomic mass is 10.0. The number of hydrogen-bond acceptors (Lipinski definition) is 3. The van der Waals surface area contributed by atoms with Gasteiger partial charge in [0.25, 0.3) is 0 Å². The molecule has 0 aliphatic heterocycles. The Labute approximate surface area is 145 Å². The van der Waals surface area contributed by atoms with E-state index in [0.29, 0.717) is 32.6 Å². The van der Waals surface area contributed by atoms with Crippen molar-refractivity contribution in [1.29, 1.82) is 0 Å². The molecule has 0 amide bonds. The van der Waals surface area contributed by atoms with E-state index in [2.05, 4.69) is 21.1 Å². The second-order valence-corrected chi connectivity index (χ2v) is 6.31. The van der Waals surface area contributed by atoms with Crippen LogP contribution in [-0.4, -0.2) is 10.3 Å². The number of hydrogen-bond donors (Lipinski definition) is 1. The summed E-state index contributed by atoms with van der Waals surface area (Å²) in [5, 5.41) is 14.6. The molecule has 1 N–H and O–H groups in total. The van der Waals surface area contributed by atoms with Crippen LogP contribution in [-0.2, 0) is 6.61 Å². The number of rotatable bonds is 3. The summed E-state index contributed by atoms with van der Waals surface area (Å²) < 4.78 is 6.39. The zero-order valence-corrected chi connectivity index (χ0v) is 14.3. The van der Waals surface area contributed by atoms with Crippen molar-refractivity contribution in [2.75, 3.05) is 0 Å². The van der Waals surface area contributed by atoms with Crippen LogP contribution in [0.1, 0.15) is 5.56 Å². The van der Waals surface area contributed by atoms with Gasteiger partial charge in [-0.3, -0.25) is 0 Å². The van der Waals surface area contributed by atoms with E-state index in [4.69, 9.17) is 27.7 Å². The summed E-state index contributed by atoms with van der Waals surface area (Å²) in [6.45, 7) is -0.215. The standard InChI is InChI=1S/C16H10BrCl2NO2/c17-10-6-4-9(5-7-10)15-12(8-21)16(22-20-15)11-2-1-3-13(18)14(11)19/h1-7,21H,8H2. The van der Waals surface area contributed by atoms with Gasteiger partial charge in [-0.2, -0.15) is 0 Å². The van der Waals surface area contributed by atoms with Crippen LogP contribution in [0.25, 0.3) is 22.6 Å². The van der Waals surface area contributed by atoms with Crippen molar-refractivity contribution >= 4 is 39.1 Å². The highest BCUT2D eigenvalue weighted by molar-refractivity contribution is 9.10. The molecule has 1 aromatic heterocycles. The molecule has 0 aliphatic rings. The minimum Gasteiger partial charge on any atom is -0.391 e. The number of nitrogens with zero attached hydrogens (tertiary/aromatic N) is 1. The lowest BCUT2D eigenvalue weighted by molar-refractivity contribution is 0.281. The molecular formula is C16H10BrCl2NO2. The number of benzene rings is 2. The molecular weight excluding hydrogens is 389 g/mol.